The summed E-state index contributed by atoms with van der Waals surface area (Å²) in [6, 6.07) is 11.7. The normalized spacial score (nSPS) is 7.53. The molecule has 0 saturated carbocycles. The van der Waals surface area contributed by atoms with Crippen molar-refractivity contribution in [1.82, 2.24) is 0 Å². The van der Waals surface area contributed by atoms with Crippen molar-refractivity contribution >= 4 is 6.08 Å². The number of allylic oxidation sites excluding steroid dienone is 4. The van der Waals surface area contributed by atoms with Gasteiger partial charge >= 0.3 is 0 Å². The van der Waals surface area contributed by atoms with Gasteiger partial charge < -0.3 is 0 Å². The third-order valence-corrected chi connectivity index (χ3v) is 1.46. The molecular weight excluding hydrogens is 206 g/mol. The van der Waals surface area contributed by atoms with E-state index < -0.39 is 0 Å². The van der Waals surface area contributed by atoms with Gasteiger partial charge in [-0.05, 0) is 12.5 Å². The van der Waals surface area contributed by atoms with Crippen LogP contribution >= 0.6 is 0 Å². The van der Waals surface area contributed by atoms with Crippen molar-refractivity contribution in [2.45, 2.75) is 6.92 Å². The van der Waals surface area contributed by atoms with Gasteiger partial charge in [0.2, 0.25) is 0 Å². The van der Waals surface area contributed by atoms with Crippen LogP contribution in [0.4, 0.5) is 0 Å². The Labute approximate surface area is 105 Å². The highest BCUT2D eigenvalue weighted by molar-refractivity contribution is 5.45. The van der Waals surface area contributed by atoms with Crippen molar-refractivity contribution in [1.29, 1.82) is 5.26 Å². The monoisotopic (exact) mass is 225 g/mol. The fourth-order valence-electron chi connectivity index (χ4n) is 0.725. The number of rotatable bonds is 2. The topological polar surface area (TPSA) is 23.8 Å². The van der Waals surface area contributed by atoms with Crippen LogP contribution < -0.4 is 0 Å². The molecule has 1 aromatic carbocycles. The Hall–Kier alpha value is -2.33. The predicted molar refractivity (Wildman–Crippen MR) is 77.4 cm³/mol. The van der Waals surface area contributed by atoms with Gasteiger partial charge in [0.25, 0.3) is 0 Å². The first-order valence-corrected chi connectivity index (χ1v) is 5.18. The molecule has 0 N–H and O–H groups in total. The van der Waals surface area contributed by atoms with E-state index in [0.29, 0.717) is 0 Å². The zero-order valence-corrected chi connectivity index (χ0v) is 10.3. The number of benzene rings is 1. The van der Waals surface area contributed by atoms with Crippen LogP contribution in [-0.4, -0.2) is 0 Å². The molecule has 0 heterocycles. The van der Waals surface area contributed by atoms with E-state index in [0.717, 1.165) is 0 Å². The fourth-order valence-corrected chi connectivity index (χ4v) is 0.725. The van der Waals surface area contributed by atoms with E-state index in [1.807, 2.05) is 55.5 Å². The Morgan fingerprint density at radius 2 is 1.65 bits per heavy atom. The predicted octanol–water partition coefficient (Wildman–Crippen LogP) is 4.77. The third-order valence-electron chi connectivity index (χ3n) is 1.46. The average Bonchev–Trinajstić information content (AvgIpc) is 2.41. The molecular formula is C16H19N. The molecule has 0 aliphatic rings. The van der Waals surface area contributed by atoms with E-state index in [1.165, 1.54) is 11.6 Å². The SMILES string of the molecule is C=CC#N.C=CC=CC.C=Cc1ccccc1. The first kappa shape index (κ1) is 17.1. The summed E-state index contributed by atoms with van der Waals surface area (Å²) < 4.78 is 0. The summed E-state index contributed by atoms with van der Waals surface area (Å²) in [5, 5.41) is 7.51. The van der Waals surface area contributed by atoms with Gasteiger partial charge in [-0.3, -0.25) is 0 Å². The standard InChI is InChI=1S/C8H8.C5H8.C3H3N/c1-2-8-6-4-3-5-7-8;1-3-5-4-2;1-2-3-4/h2-7H,1H2;3-5H,1H2,2H3;2H,1H2. The van der Waals surface area contributed by atoms with Gasteiger partial charge in [0, 0.05) is 6.08 Å². The summed E-state index contributed by atoms with van der Waals surface area (Å²) in [6.07, 6.45) is 8.59. The van der Waals surface area contributed by atoms with Gasteiger partial charge in [-0.1, -0.05) is 74.4 Å². The Bertz CT molecular complexity index is 366. The van der Waals surface area contributed by atoms with Crippen LogP contribution in [0.3, 0.4) is 0 Å². The summed E-state index contributed by atoms with van der Waals surface area (Å²) in [7, 11) is 0. The van der Waals surface area contributed by atoms with Crippen molar-refractivity contribution in [3.8, 4) is 6.07 Å². The molecule has 17 heavy (non-hydrogen) atoms. The molecule has 0 aliphatic carbocycles. The minimum absolute atomic E-state index is 1.17. The molecule has 0 aliphatic heterocycles. The second kappa shape index (κ2) is 16.1. The van der Waals surface area contributed by atoms with Crippen LogP contribution in [0.25, 0.3) is 6.08 Å². The van der Waals surface area contributed by atoms with E-state index >= 15 is 0 Å². The Kier molecular flexibility index (Phi) is 16.2. The first-order valence-electron chi connectivity index (χ1n) is 5.18. The van der Waals surface area contributed by atoms with E-state index in [-0.39, 0.29) is 0 Å². The van der Waals surface area contributed by atoms with E-state index in [9.17, 15) is 0 Å². The Balaban J connectivity index is 0. The molecule has 0 fully saturated rings. The van der Waals surface area contributed by atoms with Crippen LogP contribution in [-0.2, 0) is 0 Å². The van der Waals surface area contributed by atoms with Gasteiger partial charge in [0.1, 0.15) is 0 Å². The van der Waals surface area contributed by atoms with Crippen molar-refractivity contribution in [3.05, 3.63) is 79.9 Å². The molecule has 0 unspecified atom stereocenters. The third kappa shape index (κ3) is 16.4. The van der Waals surface area contributed by atoms with Crippen molar-refractivity contribution in [3.63, 3.8) is 0 Å². The maximum absolute atomic E-state index is 7.51. The van der Waals surface area contributed by atoms with E-state index in [2.05, 4.69) is 19.7 Å². The van der Waals surface area contributed by atoms with Crippen molar-refractivity contribution in [2.24, 2.45) is 0 Å². The molecule has 0 aromatic heterocycles. The Morgan fingerprint density at radius 1 is 1.12 bits per heavy atom. The molecule has 1 rings (SSSR count). The van der Waals surface area contributed by atoms with Gasteiger partial charge in [-0.15, -0.1) is 0 Å². The first-order chi connectivity index (χ1) is 8.26. The van der Waals surface area contributed by atoms with E-state index in [1.54, 1.807) is 12.1 Å². The molecule has 1 aromatic rings. The van der Waals surface area contributed by atoms with E-state index in [4.69, 9.17) is 5.26 Å². The minimum Gasteiger partial charge on any atom is -0.193 e. The molecule has 0 amide bonds. The summed E-state index contributed by atoms with van der Waals surface area (Å²) in [5.41, 5.74) is 1.17. The van der Waals surface area contributed by atoms with Gasteiger partial charge in [0.05, 0.1) is 6.07 Å². The molecule has 88 valence electrons. The highest BCUT2D eigenvalue weighted by atomic mass is 14.2. The lowest BCUT2D eigenvalue weighted by Gasteiger charge is -1.85. The lowest BCUT2D eigenvalue weighted by atomic mass is 10.2. The van der Waals surface area contributed by atoms with Gasteiger partial charge in [0.15, 0.2) is 0 Å². The molecule has 0 saturated heterocycles. The largest absolute Gasteiger partial charge is 0.193 e. The highest BCUT2D eigenvalue weighted by Crippen LogP contribution is 1.97. The highest BCUT2D eigenvalue weighted by Gasteiger charge is 1.75. The van der Waals surface area contributed by atoms with Crippen LogP contribution in [0, 0.1) is 11.3 Å². The maximum atomic E-state index is 7.51. The lowest BCUT2D eigenvalue weighted by Crippen LogP contribution is -1.63. The smallest absolute Gasteiger partial charge is 0.0905 e. The van der Waals surface area contributed by atoms with Gasteiger partial charge in [-0.25, -0.2) is 0 Å². The second-order valence-corrected chi connectivity index (χ2v) is 2.71. The number of hydrogen-bond acceptors (Lipinski definition) is 1. The second-order valence-electron chi connectivity index (χ2n) is 2.71. The molecule has 0 radical (unpaired) electrons. The summed E-state index contributed by atoms with van der Waals surface area (Å²) in [5.74, 6) is 0. The zero-order chi connectivity index (χ0) is 13.4. The van der Waals surface area contributed by atoms with Gasteiger partial charge in [-0.2, -0.15) is 5.26 Å². The van der Waals surface area contributed by atoms with Crippen molar-refractivity contribution in [2.75, 3.05) is 0 Å². The van der Waals surface area contributed by atoms with Crippen LogP contribution in [0.2, 0.25) is 0 Å². The number of nitriles is 1. The fraction of sp³-hybridized carbons (Fsp3) is 0.0625. The lowest BCUT2D eigenvalue weighted by molar-refractivity contribution is 1.54. The summed E-state index contributed by atoms with van der Waals surface area (Å²) in [6.45, 7) is 12.2. The minimum atomic E-state index is 1.17. The van der Waals surface area contributed by atoms with Crippen LogP contribution in [0.15, 0.2) is 74.4 Å². The molecule has 0 spiro atoms. The molecule has 1 nitrogen and oxygen atoms in total. The van der Waals surface area contributed by atoms with Crippen LogP contribution in [0.1, 0.15) is 12.5 Å². The number of hydrogen-bond donors (Lipinski definition) is 0. The molecule has 0 bridgehead atoms. The quantitative estimate of drug-likeness (QED) is 0.525. The molecule has 0 atom stereocenters. The summed E-state index contributed by atoms with van der Waals surface area (Å²) in [4.78, 5) is 0. The average molecular weight is 225 g/mol. The molecule has 1 heteroatoms. The summed E-state index contributed by atoms with van der Waals surface area (Å²) >= 11 is 0. The van der Waals surface area contributed by atoms with Crippen molar-refractivity contribution < 1.29 is 0 Å². The van der Waals surface area contributed by atoms with Crippen LogP contribution in [0.5, 0.6) is 0 Å². The maximum Gasteiger partial charge on any atom is 0.0905 e. The zero-order valence-electron chi connectivity index (χ0n) is 10.3. The Morgan fingerprint density at radius 3 is 1.82 bits per heavy atom. The number of nitrogens with zero attached hydrogens (tertiary/aromatic N) is 1.